The summed E-state index contributed by atoms with van der Waals surface area (Å²) in [7, 11) is 1.99. The van der Waals surface area contributed by atoms with Crippen LogP contribution in [0.4, 0.5) is 0 Å². The number of nitrogens with zero attached hydrogens (tertiary/aromatic N) is 2. The van der Waals surface area contributed by atoms with Gasteiger partial charge in [0.05, 0.1) is 5.69 Å². The van der Waals surface area contributed by atoms with Crippen molar-refractivity contribution in [1.29, 1.82) is 0 Å². The lowest BCUT2D eigenvalue weighted by Crippen LogP contribution is -2.16. The zero-order valence-electron chi connectivity index (χ0n) is 8.54. The van der Waals surface area contributed by atoms with Gasteiger partial charge in [-0.1, -0.05) is 0 Å². The van der Waals surface area contributed by atoms with Crippen LogP contribution in [-0.4, -0.2) is 22.4 Å². The maximum Gasteiger partial charge on any atom is 0.0628 e. The number of aromatic nitrogens is 2. The van der Waals surface area contributed by atoms with Crippen molar-refractivity contribution in [3.63, 3.8) is 0 Å². The summed E-state index contributed by atoms with van der Waals surface area (Å²) in [5, 5.41) is 7.84. The van der Waals surface area contributed by atoms with E-state index in [1.807, 2.05) is 11.7 Å². The van der Waals surface area contributed by atoms with E-state index in [0.29, 0.717) is 12.0 Å². The molecule has 2 atom stereocenters. The highest BCUT2D eigenvalue weighted by molar-refractivity contribution is 5.22. The monoisotopic (exact) mass is 179 g/mol. The zero-order valence-corrected chi connectivity index (χ0v) is 8.54. The van der Waals surface area contributed by atoms with Crippen molar-refractivity contribution in [3.8, 4) is 0 Å². The third-order valence-electron chi connectivity index (χ3n) is 2.84. The summed E-state index contributed by atoms with van der Waals surface area (Å²) < 4.78 is 1.91. The van der Waals surface area contributed by atoms with E-state index in [1.54, 1.807) is 0 Å². The largest absolute Gasteiger partial charge is 0.314 e. The van der Waals surface area contributed by atoms with Crippen molar-refractivity contribution < 1.29 is 0 Å². The minimum Gasteiger partial charge on any atom is -0.314 e. The molecule has 1 aromatic heterocycles. The Morgan fingerprint density at radius 3 is 2.85 bits per heavy atom. The molecule has 3 heteroatoms. The smallest absolute Gasteiger partial charge is 0.0628 e. The van der Waals surface area contributed by atoms with Gasteiger partial charge < -0.3 is 5.32 Å². The summed E-state index contributed by atoms with van der Waals surface area (Å²) in [4.78, 5) is 0. The molecule has 1 fully saturated rings. The van der Waals surface area contributed by atoms with Gasteiger partial charge in [0, 0.05) is 31.7 Å². The summed E-state index contributed by atoms with van der Waals surface area (Å²) in [6, 6.07) is 0.657. The van der Waals surface area contributed by atoms with Gasteiger partial charge in [0.25, 0.3) is 0 Å². The van der Waals surface area contributed by atoms with Crippen LogP contribution in [0.3, 0.4) is 0 Å². The molecule has 0 aromatic carbocycles. The van der Waals surface area contributed by atoms with Crippen LogP contribution in [0.1, 0.15) is 30.5 Å². The molecular weight excluding hydrogens is 162 g/mol. The minimum absolute atomic E-state index is 0.657. The maximum absolute atomic E-state index is 4.37. The van der Waals surface area contributed by atoms with Gasteiger partial charge in [-0.3, -0.25) is 4.68 Å². The third-order valence-corrected chi connectivity index (χ3v) is 2.84. The van der Waals surface area contributed by atoms with E-state index < -0.39 is 0 Å². The van der Waals surface area contributed by atoms with Gasteiger partial charge in [0.2, 0.25) is 0 Å². The Kier molecular flexibility index (Phi) is 2.12. The molecule has 1 aliphatic heterocycles. The minimum atomic E-state index is 0.657. The van der Waals surface area contributed by atoms with Gasteiger partial charge in [0.1, 0.15) is 0 Å². The standard InChI is InChI=1S/C10H17N3/c1-7-4-9(5-11-7)10-6-13(3)12-8(10)2/h6-7,9,11H,4-5H2,1-3H3. The number of nitrogens with one attached hydrogen (secondary N) is 1. The second-order valence-electron chi connectivity index (χ2n) is 4.09. The van der Waals surface area contributed by atoms with Crippen molar-refractivity contribution in [3.05, 3.63) is 17.5 Å². The van der Waals surface area contributed by atoms with Crippen LogP contribution in [0.2, 0.25) is 0 Å². The maximum atomic E-state index is 4.37. The van der Waals surface area contributed by atoms with Crippen LogP contribution in [-0.2, 0) is 7.05 Å². The van der Waals surface area contributed by atoms with E-state index >= 15 is 0 Å². The number of hydrogen-bond acceptors (Lipinski definition) is 2. The van der Waals surface area contributed by atoms with Crippen LogP contribution >= 0.6 is 0 Å². The Hall–Kier alpha value is -0.830. The highest BCUT2D eigenvalue weighted by atomic mass is 15.2. The molecule has 1 aliphatic rings. The Bertz CT molecular complexity index is 303. The van der Waals surface area contributed by atoms with Crippen molar-refractivity contribution in [1.82, 2.24) is 15.1 Å². The highest BCUT2D eigenvalue weighted by Gasteiger charge is 2.24. The van der Waals surface area contributed by atoms with Crippen LogP contribution in [0.15, 0.2) is 6.20 Å². The lowest BCUT2D eigenvalue weighted by molar-refractivity contribution is 0.658. The van der Waals surface area contributed by atoms with Gasteiger partial charge in [-0.05, 0) is 25.8 Å². The summed E-state index contributed by atoms with van der Waals surface area (Å²) in [5.41, 5.74) is 2.60. The first-order valence-electron chi connectivity index (χ1n) is 4.90. The second kappa shape index (κ2) is 3.14. The van der Waals surface area contributed by atoms with E-state index in [4.69, 9.17) is 0 Å². The molecule has 1 N–H and O–H groups in total. The Balaban J connectivity index is 2.20. The lowest BCUT2D eigenvalue weighted by atomic mass is 9.98. The first-order chi connectivity index (χ1) is 6.16. The quantitative estimate of drug-likeness (QED) is 0.702. The number of aryl methyl sites for hydroxylation is 2. The molecule has 2 rings (SSSR count). The lowest BCUT2D eigenvalue weighted by Gasteiger charge is -2.05. The summed E-state index contributed by atoms with van der Waals surface area (Å²) in [6.07, 6.45) is 3.40. The van der Waals surface area contributed by atoms with Crippen LogP contribution in [0.25, 0.3) is 0 Å². The molecule has 13 heavy (non-hydrogen) atoms. The second-order valence-corrected chi connectivity index (χ2v) is 4.09. The third kappa shape index (κ3) is 1.61. The highest BCUT2D eigenvalue weighted by Crippen LogP contribution is 2.27. The molecule has 0 saturated carbocycles. The molecule has 1 saturated heterocycles. The molecule has 3 nitrogen and oxygen atoms in total. The predicted molar refractivity (Wildman–Crippen MR) is 52.8 cm³/mol. The first-order valence-corrected chi connectivity index (χ1v) is 4.90. The summed E-state index contributed by atoms with van der Waals surface area (Å²) in [6.45, 7) is 5.44. The van der Waals surface area contributed by atoms with Crippen LogP contribution in [0, 0.1) is 6.92 Å². The van der Waals surface area contributed by atoms with Crippen molar-refractivity contribution in [2.75, 3.05) is 6.54 Å². The molecule has 0 spiro atoms. The van der Waals surface area contributed by atoms with Gasteiger partial charge >= 0.3 is 0 Å². The van der Waals surface area contributed by atoms with Crippen molar-refractivity contribution in [2.45, 2.75) is 32.2 Å². The summed E-state index contributed by atoms with van der Waals surface area (Å²) >= 11 is 0. The van der Waals surface area contributed by atoms with E-state index in [0.717, 1.165) is 6.54 Å². The van der Waals surface area contributed by atoms with Crippen LogP contribution < -0.4 is 5.32 Å². The Morgan fingerprint density at radius 1 is 1.62 bits per heavy atom. The Morgan fingerprint density at radius 2 is 2.38 bits per heavy atom. The molecule has 0 aliphatic carbocycles. The molecule has 0 bridgehead atoms. The van der Waals surface area contributed by atoms with E-state index in [2.05, 4.69) is 30.5 Å². The first kappa shape index (κ1) is 8.75. The SMILES string of the molecule is Cc1nn(C)cc1C1CNC(C)C1. The van der Waals surface area contributed by atoms with Gasteiger partial charge in [0.15, 0.2) is 0 Å². The fraction of sp³-hybridized carbons (Fsp3) is 0.700. The number of hydrogen-bond donors (Lipinski definition) is 1. The molecule has 0 radical (unpaired) electrons. The van der Waals surface area contributed by atoms with Gasteiger partial charge in [-0.25, -0.2) is 0 Å². The normalized spacial score (nSPS) is 28.2. The number of rotatable bonds is 1. The average molecular weight is 179 g/mol. The molecule has 2 unspecified atom stereocenters. The molecule has 72 valence electrons. The molecule has 0 amide bonds. The molecule has 2 heterocycles. The van der Waals surface area contributed by atoms with Crippen LogP contribution in [0.5, 0.6) is 0 Å². The van der Waals surface area contributed by atoms with Gasteiger partial charge in [-0.2, -0.15) is 5.10 Å². The topological polar surface area (TPSA) is 29.9 Å². The zero-order chi connectivity index (χ0) is 9.42. The fourth-order valence-electron chi connectivity index (χ4n) is 2.19. The molecular formula is C10H17N3. The van der Waals surface area contributed by atoms with E-state index in [-0.39, 0.29) is 0 Å². The van der Waals surface area contributed by atoms with E-state index in [1.165, 1.54) is 17.7 Å². The average Bonchev–Trinajstić information content (AvgIpc) is 2.58. The van der Waals surface area contributed by atoms with Crippen molar-refractivity contribution in [2.24, 2.45) is 7.05 Å². The van der Waals surface area contributed by atoms with Crippen molar-refractivity contribution >= 4 is 0 Å². The molecule has 1 aromatic rings. The Labute approximate surface area is 79.1 Å². The predicted octanol–water partition coefficient (Wildman–Crippen LogP) is 1.19. The fourth-order valence-corrected chi connectivity index (χ4v) is 2.19. The van der Waals surface area contributed by atoms with Gasteiger partial charge in [-0.15, -0.1) is 0 Å². The van der Waals surface area contributed by atoms with E-state index in [9.17, 15) is 0 Å². The summed E-state index contributed by atoms with van der Waals surface area (Å²) in [5.74, 6) is 0.670.